The average Bonchev–Trinajstić information content (AvgIpc) is 2.11. The molecule has 0 aromatic carbocycles. The lowest BCUT2D eigenvalue weighted by Crippen LogP contribution is -2.51. The third-order valence-electron chi connectivity index (χ3n) is 2.81. The van der Waals surface area contributed by atoms with E-state index in [1.54, 1.807) is 0 Å². The summed E-state index contributed by atoms with van der Waals surface area (Å²) >= 11 is 0. The first-order valence-electron chi connectivity index (χ1n) is 5.94. The van der Waals surface area contributed by atoms with E-state index >= 15 is 0 Å². The Morgan fingerprint density at radius 3 is 2.44 bits per heavy atom. The fourth-order valence-electron chi connectivity index (χ4n) is 1.66. The van der Waals surface area contributed by atoms with E-state index in [-0.39, 0.29) is 6.04 Å². The van der Waals surface area contributed by atoms with E-state index in [4.69, 9.17) is 5.73 Å². The zero-order valence-corrected chi connectivity index (χ0v) is 11.0. The number of hydrogen-bond acceptors (Lipinski definition) is 3. The molecule has 0 aromatic heterocycles. The molecule has 6 heteroatoms. The van der Waals surface area contributed by atoms with Crippen LogP contribution >= 0.6 is 0 Å². The van der Waals surface area contributed by atoms with E-state index in [0.717, 1.165) is 19.3 Å². The first kappa shape index (κ1) is 13.9. The second kappa shape index (κ2) is 5.95. The lowest BCUT2D eigenvalue weighted by molar-refractivity contribution is 0.220. The van der Waals surface area contributed by atoms with Crippen LogP contribution in [0.5, 0.6) is 0 Å². The third-order valence-corrected chi connectivity index (χ3v) is 4.44. The molecule has 96 valence electrons. The second-order valence-electron chi connectivity index (χ2n) is 4.73. The van der Waals surface area contributed by atoms with Crippen molar-refractivity contribution < 1.29 is 8.42 Å². The maximum absolute atomic E-state index is 12.0. The summed E-state index contributed by atoms with van der Waals surface area (Å²) in [4.78, 5) is 0. The van der Waals surface area contributed by atoms with Crippen LogP contribution in [0.4, 0.5) is 0 Å². The van der Waals surface area contributed by atoms with Crippen LogP contribution in [0, 0.1) is 5.92 Å². The maximum atomic E-state index is 12.0. The van der Waals surface area contributed by atoms with Gasteiger partial charge in [0, 0.05) is 25.7 Å². The number of rotatable bonds is 7. The van der Waals surface area contributed by atoms with Gasteiger partial charge in [-0.15, -0.1) is 0 Å². The van der Waals surface area contributed by atoms with Crippen molar-refractivity contribution in [3.63, 3.8) is 0 Å². The van der Waals surface area contributed by atoms with Crippen LogP contribution in [0.15, 0.2) is 0 Å². The lowest BCUT2D eigenvalue weighted by Gasteiger charge is -2.36. The summed E-state index contributed by atoms with van der Waals surface area (Å²) in [7, 11) is -3.34. The molecule has 1 aliphatic carbocycles. The van der Waals surface area contributed by atoms with E-state index in [1.807, 2.05) is 13.8 Å². The third kappa shape index (κ3) is 3.69. The highest BCUT2D eigenvalue weighted by molar-refractivity contribution is 7.87. The SMILES string of the molecule is CC(C)CNS(=O)(=O)N(CCN)C1CCC1. The Bertz CT molecular complexity index is 299. The van der Waals surface area contributed by atoms with Crippen LogP contribution in [0.25, 0.3) is 0 Å². The van der Waals surface area contributed by atoms with Crippen molar-refractivity contribution in [3.8, 4) is 0 Å². The molecule has 0 heterocycles. The minimum atomic E-state index is -3.34. The Morgan fingerprint density at radius 2 is 2.06 bits per heavy atom. The van der Waals surface area contributed by atoms with Crippen molar-refractivity contribution in [2.24, 2.45) is 11.7 Å². The van der Waals surface area contributed by atoms with Gasteiger partial charge in [-0.05, 0) is 18.8 Å². The molecular formula is C10H23N3O2S. The fourth-order valence-corrected chi connectivity index (χ4v) is 3.31. The van der Waals surface area contributed by atoms with Gasteiger partial charge in [0.15, 0.2) is 0 Å². The van der Waals surface area contributed by atoms with E-state index in [9.17, 15) is 8.42 Å². The molecular weight excluding hydrogens is 226 g/mol. The molecule has 0 unspecified atom stereocenters. The summed E-state index contributed by atoms with van der Waals surface area (Å²) in [5.74, 6) is 0.316. The maximum Gasteiger partial charge on any atom is 0.279 e. The molecule has 0 atom stereocenters. The largest absolute Gasteiger partial charge is 0.329 e. The smallest absolute Gasteiger partial charge is 0.279 e. The molecule has 16 heavy (non-hydrogen) atoms. The van der Waals surface area contributed by atoms with Crippen LogP contribution in [0.1, 0.15) is 33.1 Å². The average molecular weight is 249 g/mol. The van der Waals surface area contributed by atoms with Crippen molar-refractivity contribution >= 4 is 10.2 Å². The summed E-state index contributed by atoms with van der Waals surface area (Å²) in [6, 6.07) is 0.160. The topological polar surface area (TPSA) is 75.4 Å². The van der Waals surface area contributed by atoms with E-state index in [2.05, 4.69) is 4.72 Å². The molecule has 0 radical (unpaired) electrons. The van der Waals surface area contributed by atoms with Gasteiger partial charge in [-0.2, -0.15) is 12.7 Å². The van der Waals surface area contributed by atoms with Crippen LogP contribution in [-0.2, 0) is 10.2 Å². The number of nitrogens with zero attached hydrogens (tertiary/aromatic N) is 1. The highest BCUT2D eigenvalue weighted by Crippen LogP contribution is 2.26. The van der Waals surface area contributed by atoms with Gasteiger partial charge in [-0.25, -0.2) is 4.72 Å². The standard InChI is InChI=1S/C10H23N3O2S/c1-9(2)8-12-16(14,15)13(7-6-11)10-4-3-5-10/h9-10,12H,3-8,11H2,1-2H3. The zero-order valence-electron chi connectivity index (χ0n) is 10.1. The molecule has 1 aliphatic rings. The molecule has 0 aliphatic heterocycles. The van der Waals surface area contributed by atoms with Crippen molar-refractivity contribution in [2.75, 3.05) is 19.6 Å². The van der Waals surface area contributed by atoms with Crippen molar-refractivity contribution in [1.82, 2.24) is 9.03 Å². The fraction of sp³-hybridized carbons (Fsp3) is 1.00. The minimum Gasteiger partial charge on any atom is -0.329 e. The summed E-state index contributed by atoms with van der Waals surface area (Å²) in [5.41, 5.74) is 5.46. The predicted octanol–water partition coefficient (Wildman–Crippen LogP) is 0.290. The van der Waals surface area contributed by atoms with Gasteiger partial charge in [0.1, 0.15) is 0 Å². The van der Waals surface area contributed by atoms with Crippen LogP contribution in [-0.4, -0.2) is 38.4 Å². The Labute approximate surface area is 98.6 Å². The molecule has 5 nitrogen and oxygen atoms in total. The van der Waals surface area contributed by atoms with Gasteiger partial charge in [0.25, 0.3) is 10.2 Å². The van der Waals surface area contributed by atoms with Gasteiger partial charge in [-0.1, -0.05) is 20.3 Å². The Kier molecular flexibility index (Phi) is 5.17. The van der Waals surface area contributed by atoms with Gasteiger partial charge < -0.3 is 5.73 Å². The first-order chi connectivity index (χ1) is 7.47. The van der Waals surface area contributed by atoms with Crippen molar-refractivity contribution in [1.29, 1.82) is 0 Å². The Hall–Kier alpha value is -0.170. The molecule has 0 aromatic rings. The zero-order chi connectivity index (χ0) is 12.2. The number of nitrogens with two attached hydrogens (primary N) is 1. The monoisotopic (exact) mass is 249 g/mol. The Balaban J connectivity index is 2.60. The second-order valence-corrected chi connectivity index (χ2v) is 6.44. The van der Waals surface area contributed by atoms with E-state index in [1.165, 1.54) is 4.31 Å². The normalized spacial score (nSPS) is 18.1. The summed E-state index contributed by atoms with van der Waals surface area (Å²) in [5, 5.41) is 0. The number of hydrogen-bond donors (Lipinski definition) is 2. The highest BCUT2D eigenvalue weighted by atomic mass is 32.2. The van der Waals surface area contributed by atoms with Gasteiger partial charge in [-0.3, -0.25) is 0 Å². The molecule has 0 spiro atoms. The molecule has 3 N–H and O–H groups in total. The van der Waals surface area contributed by atoms with Gasteiger partial charge in [0.2, 0.25) is 0 Å². The van der Waals surface area contributed by atoms with Crippen LogP contribution in [0.2, 0.25) is 0 Å². The molecule has 1 rings (SSSR count). The molecule has 1 saturated carbocycles. The molecule has 1 fully saturated rings. The quantitative estimate of drug-likeness (QED) is 0.681. The van der Waals surface area contributed by atoms with Crippen LogP contribution in [0.3, 0.4) is 0 Å². The first-order valence-corrected chi connectivity index (χ1v) is 7.38. The summed E-state index contributed by atoms with van der Waals surface area (Å²) < 4.78 is 28.2. The van der Waals surface area contributed by atoms with E-state index < -0.39 is 10.2 Å². The van der Waals surface area contributed by atoms with E-state index in [0.29, 0.717) is 25.6 Å². The molecule has 0 amide bonds. The Morgan fingerprint density at radius 1 is 1.44 bits per heavy atom. The van der Waals surface area contributed by atoms with Gasteiger partial charge >= 0.3 is 0 Å². The summed E-state index contributed by atoms with van der Waals surface area (Å²) in [6.07, 6.45) is 3.04. The predicted molar refractivity (Wildman–Crippen MR) is 65.2 cm³/mol. The minimum absolute atomic E-state index is 0.160. The van der Waals surface area contributed by atoms with Crippen molar-refractivity contribution in [2.45, 2.75) is 39.2 Å². The van der Waals surface area contributed by atoms with Crippen LogP contribution < -0.4 is 10.5 Å². The highest BCUT2D eigenvalue weighted by Gasteiger charge is 2.32. The van der Waals surface area contributed by atoms with Crippen molar-refractivity contribution in [3.05, 3.63) is 0 Å². The summed E-state index contributed by atoms with van der Waals surface area (Å²) in [6.45, 7) is 5.24. The van der Waals surface area contributed by atoms with Gasteiger partial charge in [0.05, 0.1) is 0 Å². The molecule has 0 bridgehead atoms. The lowest BCUT2D eigenvalue weighted by atomic mass is 9.93. The number of nitrogens with one attached hydrogen (secondary N) is 1. The molecule has 0 saturated heterocycles.